The van der Waals surface area contributed by atoms with E-state index in [2.05, 4.69) is 20.8 Å². The minimum Gasteiger partial charge on any atom is -0.497 e. The second kappa shape index (κ2) is 7.36. The molecule has 24 heavy (non-hydrogen) atoms. The second-order valence-electron chi connectivity index (χ2n) is 5.21. The van der Waals surface area contributed by atoms with Crippen molar-refractivity contribution >= 4 is 11.6 Å². The van der Waals surface area contributed by atoms with E-state index in [4.69, 9.17) is 4.74 Å². The maximum Gasteiger partial charge on any atom is 0.249 e. The molecule has 0 aliphatic heterocycles. The van der Waals surface area contributed by atoms with Gasteiger partial charge in [0.2, 0.25) is 5.91 Å². The van der Waals surface area contributed by atoms with Crippen LogP contribution < -0.4 is 10.1 Å². The Morgan fingerprint density at radius 2 is 1.92 bits per heavy atom. The molecule has 0 fully saturated rings. The molecule has 3 rings (SSSR count). The van der Waals surface area contributed by atoms with Crippen LogP contribution in [-0.4, -0.2) is 33.2 Å². The smallest absolute Gasteiger partial charge is 0.249 e. The number of nitrogens with zero attached hydrogens (tertiary/aromatic N) is 4. The molecule has 3 aromatic rings. The number of nitrogens with one attached hydrogen (secondary N) is 1. The second-order valence-corrected chi connectivity index (χ2v) is 5.21. The lowest BCUT2D eigenvalue weighted by molar-refractivity contribution is -0.119. The molecule has 1 aromatic heterocycles. The number of amides is 1. The van der Waals surface area contributed by atoms with E-state index in [0.29, 0.717) is 12.1 Å². The monoisotopic (exact) mass is 323 g/mol. The zero-order valence-electron chi connectivity index (χ0n) is 13.2. The first-order valence-electron chi connectivity index (χ1n) is 7.47. The van der Waals surface area contributed by atoms with Crippen molar-refractivity contribution in [2.45, 2.75) is 12.5 Å². The summed E-state index contributed by atoms with van der Waals surface area (Å²) < 4.78 is 6.58. The lowest BCUT2D eigenvalue weighted by Crippen LogP contribution is -2.28. The fourth-order valence-electron chi connectivity index (χ4n) is 2.35. The number of carbonyl (C=O) groups is 1. The van der Waals surface area contributed by atoms with Gasteiger partial charge in [0.15, 0.2) is 0 Å². The third-order valence-corrected chi connectivity index (χ3v) is 3.62. The molecule has 7 heteroatoms. The molecule has 0 bridgehead atoms. The fraction of sp³-hybridized carbons (Fsp3) is 0.176. The Morgan fingerprint density at radius 3 is 2.54 bits per heavy atom. The van der Waals surface area contributed by atoms with E-state index in [9.17, 15) is 4.79 Å². The van der Waals surface area contributed by atoms with Crippen molar-refractivity contribution in [2.24, 2.45) is 0 Å². The number of anilines is 1. The van der Waals surface area contributed by atoms with Crippen molar-refractivity contribution in [3.8, 4) is 5.75 Å². The van der Waals surface area contributed by atoms with Crippen LogP contribution >= 0.6 is 0 Å². The first-order chi connectivity index (χ1) is 11.8. The summed E-state index contributed by atoms with van der Waals surface area (Å²) >= 11 is 0. The number of aromatic nitrogens is 4. The third kappa shape index (κ3) is 3.75. The van der Waals surface area contributed by atoms with Gasteiger partial charge >= 0.3 is 0 Å². The number of hydrogen-bond acceptors (Lipinski definition) is 5. The maximum atomic E-state index is 12.7. The SMILES string of the molecule is COc1ccc(NC(=O)[C@H](Cc2ccccc2)n2cnnn2)cc1. The summed E-state index contributed by atoms with van der Waals surface area (Å²) in [5.74, 6) is 0.547. The lowest BCUT2D eigenvalue weighted by atomic mass is 10.1. The van der Waals surface area contributed by atoms with Gasteiger partial charge in [-0.15, -0.1) is 5.10 Å². The Hall–Kier alpha value is -3.22. The zero-order valence-corrected chi connectivity index (χ0v) is 13.2. The number of rotatable bonds is 6. The van der Waals surface area contributed by atoms with Crippen LogP contribution in [-0.2, 0) is 11.2 Å². The fourth-order valence-corrected chi connectivity index (χ4v) is 2.35. The number of methoxy groups -OCH3 is 1. The molecule has 1 atom stereocenters. The Labute approximate surface area is 139 Å². The van der Waals surface area contributed by atoms with E-state index in [-0.39, 0.29) is 5.91 Å². The quantitative estimate of drug-likeness (QED) is 0.751. The highest BCUT2D eigenvalue weighted by molar-refractivity contribution is 5.93. The van der Waals surface area contributed by atoms with Crippen molar-refractivity contribution in [3.63, 3.8) is 0 Å². The van der Waals surface area contributed by atoms with E-state index in [0.717, 1.165) is 11.3 Å². The van der Waals surface area contributed by atoms with Crippen LogP contribution in [0.5, 0.6) is 5.75 Å². The van der Waals surface area contributed by atoms with E-state index < -0.39 is 6.04 Å². The van der Waals surface area contributed by atoms with Crippen molar-refractivity contribution < 1.29 is 9.53 Å². The molecule has 122 valence electrons. The van der Waals surface area contributed by atoms with Crippen molar-refractivity contribution in [3.05, 3.63) is 66.5 Å². The predicted octanol–water partition coefficient (Wildman–Crippen LogP) is 2.10. The molecule has 1 amide bonds. The molecule has 0 saturated heterocycles. The molecular weight excluding hydrogens is 306 g/mol. The molecule has 0 aliphatic carbocycles. The van der Waals surface area contributed by atoms with Crippen molar-refractivity contribution in [1.29, 1.82) is 0 Å². The topological polar surface area (TPSA) is 81.9 Å². The first kappa shape index (κ1) is 15.7. The average Bonchev–Trinajstić information content (AvgIpc) is 3.15. The summed E-state index contributed by atoms with van der Waals surface area (Å²) in [5, 5.41) is 14.0. The van der Waals surface area contributed by atoms with Crippen LogP contribution in [0.2, 0.25) is 0 Å². The van der Waals surface area contributed by atoms with E-state index >= 15 is 0 Å². The molecule has 0 radical (unpaired) electrons. The van der Waals surface area contributed by atoms with Gasteiger partial charge in [0.05, 0.1) is 7.11 Å². The largest absolute Gasteiger partial charge is 0.497 e. The zero-order chi connectivity index (χ0) is 16.8. The van der Waals surface area contributed by atoms with Gasteiger partial charge in [-0.3, -0.25) is 4.79 Å². The van der Waals surface area contributed by atoms with Crippen LogP contribution in [0.15, 0.2) is 60.9 Å². The standard InChI is InChI=1S/C17H17N5O2/c1-24-15-9-7-14(8-10-15)19-17(23)16(22-12-18-20-21-22)11-13-5-3-2-4-6-13/h2-10,12,16H,11H2,1H3,(H,19,23)/t16-/m0/s1. The minimum absolute atomic E-state index is 0.184. The molecule has 1 heterocycles. The van der Waals surface area contributed by atoms with Gasteiger partial charge in [-0.2, -0.15) is 0 Å². The molecule has 0 spiro atoms. The summed E-state index contributed by atoms with van der Waals surface area (Å²) in [6.07, 6.45) is 1.94. The number of hydrogen-bond donors (Lipinski definition) is 1. The van der Waals surface area contributed by atoms with Crippen LogP contribution in [0.25, 0.3) is 0 Å². The Kier molecular flexibility index (Phi) is 4.81. The van der Waals surface area contributed by atoms with E-state index in [1.165, 1.54) is 11.0 Å². The molecule has 0 aliphatic rings. The minimum atomic E-state index is -0.537. The van der Waals surface area contributed by atoms with Gasteiger partial charge in [-0.1, -0.05) is 30.3 Å². The normalized spacial score (nSPS) is 11.7. The van der Waals surface area contributed by atoms with Gasteiger partial charge in [0.1, 0.15) is 18.1 Å². The maximum absolute atomic E-state index is 12.7. The average molecular weight is 323 g/mol. The van der Waals surface area contributed by atoms with Crippen LogP contribution in [0.1, 0.15) is 11.6 Å². The van der Waals surface area contributed by atoms with Gasteiger partial charge in [0.25, 0.3) is 0 Å². The Morgan fingerprint density at radius 1 is 1.17 bits per heavy atom. The number of benzene rings is 2. The van der Waals surface area contributed by atoms with Crippen molar-refractivity contribution in [2.75, 3.05) is 12.4 Å². The molecule has 1 N–H and O–H groups in total. The van der Waals surface area contributed by atoms with Crippen LogP contribution in [0.3, 0.4) is 0 Å². The highest BCUT2D eigenvalue weighted by Gasteiger charge is 2.22. The highest BCUT2D eigenvalue weighted by Crippen LogP contribution is 2.19. The molecule has 2 aromatic carbocycles. The van der Waals surface area contributed by atoms with E-state index in [1.807, 2.05) is 30.3 Å². The summed E-state index contributed by atoms with van der Waals surface area (Å²) in [6.45, 7) is 0. The summed E-state index contributed by atoms with van der Waals surface area (Å²) in [5.41, 5.74) is 1.72. The Bertz CT molecular complexity index is 773. The highest BCUT2D eigenvalue weighted by atomic mass is 16.5. The first-order valence-corrected chi connectivity index (χ1v) is 7.47. The van der Waals surface area contributed by atoms with Crippen LogP contribution in [0, 0.1) is 0 Å². The predicted molar refractivity (Wildman–Crippen MR) is 88.6 cm³/mol. The number of ether oxygens (including phenoxy) is 1. The van der Waals surface area contributed by atoms with Gasteiger partial charge < -0.3 is 10.1 Å². The number of tetrazole rings is 1. The van der Waals surface area contributed by atoms with E-state index in [1.54, 1.807) is 31.4 Å². The Balaban J connectivity index is 1.78. The summed E-state index contributed by atoms with van der Waals surface area (Å²) in [6, 6.07) is 16.4. The lowest BCUT2D eigenvalue weighted by Gasteiger charge is -2.16. The molecule has 7 nitrogen and oxygen atoms in total. The molecule has 0 unspecified atom stereocenters. The molecule has 0 saturated carbocycles. The number of carbonyl (C=O) groups excluding carboxylic acids is 1. The molecular formula is C17H17N5O2. The third-order valence-electron chi connectivity index (χ3n) is 3.62. The van der Waals surface area contributed by atoms with Crippen molar-refractivity contribution in [1.82, 2.24) is 20.2 Å². The van der Waals surface area contributed by atoms with Crippen LogP contribution in [0.4, 0.5) is 5.69 Å². The van der Waals surface area contributed by atoms with Gasteiger partial charge in [-0.25, -0.2) is 4.68 Å². The summed E-state index contributed by atoms with van der Waals surface area (Å²) in [7, 11) is 1.60. The van der Waals surface area contributed by atoms with Gasteiger partial charge in [-0.05, 0) is 40.3 Å². The van der Waals surface area contributed by atoms with Gasteiger partial charge in [0, 0.05) is 12.1 Å². The summed E-state index contributed by atoms with van der Waals surface area (Å²) in [4.78, 5) is 12.7.